The molecule has 19 heavy (non-hydrogen) atoms. The van der Waals surface area contributed by atoms with Crippen LogP contribution in [0.5, 0.6) is 0 Å². The van der Waals surface area contributed by atoms with E-state index in [1.54, 1.807) is 12.1 Å². The molecule has 0 heterocycles. The third-order valence-corrected chi connectivity index (χ3v) is 4.77. The summed E-state index contributed by atoms with van der Waals surface area (Å²) in [5.74, 6) is 0.0504. The quantitative estimate of drug-likeness (QED) is 0.550. The lowest BCUT2D eigenvalue weighted by Crippen LogP contribution is -2.05. The summed E-state index contributed by atoms with van der Waals surface area (Å²) in [5.41, 5.74) is 2.12. The maximum atomic E-state index is 13.3. The number of halogens is 4. The third-order valence-electron chi connectivity index (χ3n) is 2.98. The first-order chi connectivity index (χ1) is 9.10. The molecule has 4 heteroatoms. The van der Waals surface area contributed by atoms with Gasteiger partial charge in [0.1, 0.15) is 5.82 Å². The summed E-state index contributed by atoms with van der Waals surface area (Å²) in [6, 6.07) is 12.6. The number of hydrogen-bond donors (Lipinski definition) is 0. The Morgan fingerprint density at radius 3 is 2.63 bits per heavy atom. The molecule has 1 atom stereocenters. The van der Waals surface area contributed by atoms with Crippen molar-refractivity contribution in [3.63, 3.8) is 0 Å². The van der Waals surface area contributed by atoms with E-state index < -0.39 is 0 Å². The van der Waals surface area contributed by atoms with Crippen molar-refractivity contribution in [2.75, 3.05) is 5.33 Å². The highest BCUT2D eigenvalue weighted by atomic mass is 79.9. The molecular weight excluding hydrogens is 394 g/mol. The fourth-order valence-electron chi connectivity index (χ4n) is 1.99. The van der Waals surface area contributed by atoms with Crippen molar-refractivity contribution < 1.29 is 4.39 Å². The van der Waals surface area contributed by atoms with Gasteiger partial charge in [-0.05, 0) is 53.8 Å². The molecule has 1 unspecified atom stereocenters. The summed E-state index contributed by atoms with van der Waals surface area (Å²) in [4.78, 5) is 0. The van der Waals surface area contributed by atoms with E-state index >= 15 is 0 Å². The van der Waals surface area contributed by atoms with Gasteiger partial charge in [-0.15, -0.1) is 0 Å². The minimum atomic E-state index is -0.211. The molecule has 2 rings (SSSR count). The minimum Gasteiger partial charge on any atom is -0.207 e. The largest absolute Gasteiger partial charge is 0.207 e. The van der Waals surface area contributed by atoms with Crippen molar-refractivity contribution in [3.05, 3.63) is 68.9 Å². The summed E-state index contributed by atoms with van der Waals surface area (Å²) >= 11 is 13.0. The van der Waals surface area contributed by atoms with Gasteiger partial charge in [-0.25, -0.2) is 4.39 Å². The first-order valence-corrected chi connectivity index (χ1v) is 8.14. The average molecular weight is 407 g/mol. The van der Waals surface area contributed by atoms with Gasteiger partial charge in [-0.3, -0.25) is 0 Å². The Kier molecular flexibility index (Phi) is 5.43. The van der Waals surface area contributed by atoms with Crippen LogP contribution in [-0.2, 0) is 6.42 Å². The molecule has 0 saturated heterocycles. The topological polar surface area (TPSA) is 0 Å². The number of alkyl halides is 1. The van der Waals surface area contributed by atoms with Gasteiger partial charge >= 0.3 is 0 Å². The second kappa shape index (κ2) is 6.87. The summed E-state index contributed by atoms with van der Waals surface area (Å²) in [6.45, 7) is 0. The van der Waals surface area contributed by atoms with E-state index in [4.69, 9.17) is 11.6 Å². The van der Waals surface area contributed by atoms with E-state index in [1.165, 1.54) is 6.07 Å². The van der Waals surface area contributed by atoms with Crippen molar-refractivity contribution in [3.8, 4) is 0 Å². The Morgan fingerprint density at radius 1 is 1.16 bits per heavy atom. The number of benzene rings is 2. The predicted molar refractivity (Wildman–Crippen MR) is 85.8 cm³/mol. The molecule has 2 aromatic carbocycles. The Hall–Kier alpha value is -0.380. The molecule has 0 amide bonds. The lowest BCUT2D eigenvalue weighted by molar-refractivity contribution is 0.623. The van der Waals surface area contributed by atoms with Crippen molar-refractivity contribution in [1.29, 1.82) is 0 Å². The first kappa shape index (κ1) is 15.0. The van der Waals surface area contributed by atoms with Gasteiger partial charge in [0.15, 0.2) is 0 Å². The van der Waals surface area contributed by atoms with Crippen LogP contribution >= 0.6 is 43.5 Å². The van der Waals surface area contributed by atoms with Crippen LogP contribution in [0.3, 0.4) is 0 Å². The van der Waals surface area contributed by atoms with Crippen LogP contribution in [0.4, 0.5) is 4.39 Å². The molecule has 0 aliphatic carbocycles. The zero-order valence-electron chi connectivity index (χ0n) is 10.0. The normalized spacial score (nSPS) is 12.4. The van der Waals surface area contributed by atoms with Crippen LogP contribution in [0.2, 0.25) is 5.02 Å². The fraction of sp³-hybridized carbons (Fsp3) is 0.200. The van der Waals surface area contributed by atoms with Crippen molar-refractivity contribution in [2.24, 2.45) is 0 Å². The van der Waals surface area contributed by atoms with Crippen LogP contribution in [0.15, 0.2) is 46.9 Å². The molecule has 0 radical (unpaired) electrons. The van der Waals surface area contributed by atoms with Crippen LogP contribution in [0.1, 0.15) is 17.0 Å². The molecular formula is C15H12Br2ClF. The van der Waals surface area contributed by atoms with Crippen molar-refractivity contribution in [2.45, 2.75) is 12.3 Å². The molecule has 0 N–H and O–H groups in total. The molecule has 0 spiro atoms. The lowest BCUT2D eigenvalue weighted by Gasteiger charge is -2.16. The van der Waals surface area contributed by atoms with Crippen LogP contribution in [0.25, 0.3) is 0 Å². The highest BCUT2D eigenvalue weighted by Gasteiger charge is 2.14. The molecule has 0 aliphatic heterocycles. The van der Waals surface area contributed by atoms with E-state index in [2.05, 4.69) is 31.9 Å². The standard InChI is InChI=1S/C15H12Br2ClF/c16-9-12(10-2-1-3-13(18)7-10)6-11-8-14(19)4-5-15(11)17/h1-5,7-8,12H,6,9H2. The summed E-state index contributed by atoms with van der Waals surface area (Å²) in [6.07, 6.45) is 0.754. The Balaban J connectivity index is 2.26. The Morgan fingerprint density at radius 2 is 1.95 bits per heavy atom. The molecule has 0 nitrogen and oxygen atoms in total. The second-order valence-corrected chi connectivity index (χ2v) is 6.28. The van der Waals surface area contributed by atoms with Gasteiger partial charge in [-0.2, -0.15) is 0 Å². The van der Waals surface area contributed by atoms with E-state index in [1.807, 2.05) is 24.3 Å². The Bertz CT molecular complexity index is 572. The number of rotatable bonds is 4. The van der Waals surface area contributed by atoms with Gasteiger partial charge in [-0.1, -0.05) is 55.6 Å². The van der Waals surface area contributed by atoms with Gasteiger partial charge in [0.2, 0.25) is 0 Å². The van der Waals surface area contributed by atoms with E-state index in [-0.39, 0.29) is 11.7 Å². The maximum absolute atomic E-state index is 13.3. The molecule has 0 fully saturated rings. The lowest BCUT2D eigenvalue weighted by atomic mass is 9.94. The van der Waals surface area contributed by atoms with Crippen LogP contribution < -0.4 is 0 Å². The number of hydrogen-bond acceptors (Lipinski definition) is 0. The molecule has 0 bridgehead atoms. The van der Waals surface area contributed by atoms with Gasteiger partial charge in [0.05, 0.1) is 0 Å². The van der Waals surface area contributed by atoms with Crippen LogP contribution in [-0.4, -0.2) is 5.33 Å². The van der Waals surface area contributed by atoms with E-state index in [0.717, 1.165) is 32.4 Å². The van der Waals surface area contributed by atoms with Crippen molar-refractivity contribution >= 4 is 43.5 Å². The van der Waals surface area contributed by atoms with Gasteiger partial charge in [0, 0.05) is 14.8 Å². The summed E-state index contributed by atoms with van der Waals surface area (Å²) < 4.78 is 14.2. The maximum Gasteiger partial charge on any atom is 0.123 e. The minimum absolute atomic E-state index is 0.211. The summed E-state index contributed by atoms with van der Waals surface area (Å²) in [7, 11) is 0. The first-order valence-electron chi connectivity index (χ1n) is 5.85. The monoisotopic (exact) mass is 404 g/mol. The van der Waals surface area contributed by atoms with E-state index in [9.17, 15) is 4.39 Å². The molecule has 100 valence electrons. The highest BCUT2D eigenvalue weighted by molar-refractivity contribution is 9.10. The molecule has 2 aromatic rings. The fourth-order valence-corrected chi connectivity index (χ4v) is 3.20. The van der Waals surface area contributed by atoms with Gasteiger partial charge < -0.3 is 0 Å². The zero-order chi connectivity index (χ0) is 13.8. The highest BCUT2D eigenvalue weighted by Crippen LogP contribution is 2.28. The van der Waals surface area contributed by atoms with Crippen molar-refractivity contribution in [1.82, 2.24) is 0 Å². The predicted octanol–water partition coefficient (Wildman–Crippen LogP) is 5.96. The molecule has 0 aromatic heterocycles. The van der Waals surface area contributed by atoms with E-state index in [0.29, 0.717) is 0 Å². The van der Waals surface area contributed by atoms with Gasteiger partial charge in [0.25, 0.3) is 0 Å². The Labute approximate surface area is 134 Å². The molecule has 0 saturated carbocycles. The van der Waals surface area contributed by atoms with Crippen LogP contribution in [0, 0.1) is 5.82 Å². The smallest absolute Gasteiger partial charge is 0.123 e. The zero-order valence-corrected chi connectivity index (χ0v) is 14.0. The third kappa shape index (κ3) is 4.04. The molecule has 0 aliphatic rings. The SMILES string of the molecule is Fc1ccc(Br)c(CC(CBr)c2cccc(Cl)c2)c1. The summed E-state index contributed by atoms with van der Waals surface area (Å²) in [5, 5.41) is 1.53. The average Bonchev–Trinajstić information content (AvgIpc) is 2.39. The second-order valence-electron chi connectivity index (χ2n) is 4.35.